The van der Waals surface area contributed by atoms with Crippen molar-refractivity contribution in [1.82, 2.24) is 0 Å². The third-order valence-electron chi connectivity index (χ3n) is 5.45. The molecule has 0 aromatic heterocycles. The lowest BCUT2D eigenvalue weighted by molar-refractivity contribution is -0.136. The molecule has 1 heterocycles. The van der Waals surface area contributed by atoms with Gasteiger partial charge in [-0.25, -0.2) is 19.4 Å². The van der Waals surface area contributed by atoms with Crippen molar-refractivity contribution in [3.05, 3.63) is 88.4 Å². The number of hydrogen-bond donors (Lipinski definition) is 1. The third-order valence-corrected chi connectivity index (χ3v) is 5.77. The van der Waals surface area contributed by atoms with E-state index in [9.17, 15) is 27.6 Å². The Kier molecular flexibility index (Phi) is 6.16. The number of amides is 5. The van der Waals surface area contributed by atoms with Crippen molar-refractivity contribution in [3.8, 4) is 5.75 Å². The molecule has 0 saturated heterocycles. The van der Waals surface area contributed by atoms with Crippen LogP contribution in [0.4, 0.5) is 34.1 Å². The molecule has 3 aromatic rings. The van der Waals surface area contributed by atoms with Gasteiger partial charge in [-0.2, -0.15) is 13.2 Å². The van der Waals surface area contributed by atoms with Crippen LogP contribution in [0.3, 0.4) is 0 Å². The molecule has 1 aliphatic heterocycles. The molecule has 1 atom stereocenters. The lowest BCUT2D eigenvalue weighted by atomic mass is 9.91. The fraction of sp³-hybridized carbons (Fsp3) is 0.125. The molecule has 0 aliphatic carbocycles. The predicted octanol–water partition coefficient (Wildman–Crippen LogP) is 5.35. The van der Waals surface area contributed by atoms with Gasteiger partial charge in [0, 0.05) is 0 Å². The van der Waals surface area contributed by atoms with Crippen molar-refractivity contribution < 1.29 is 32.3 Å². The summed E-state index contributed by atoms with van der Waals surface area (Å²) in [5.41, 5.74) is 3.45. The molecule has 0 spiro atoms. The number of nitrogens with two attached hydrogens (primary N) is 1. The summed E-state index contributed by atoms with van der Waals surface area (Å²) in [5, 5.41) is -0.709. The van der Waals surface area contributed by atoms with Crippen LogP contribution >= 0.6 is 11.6 Å². The minimum absolute atomic E-state index is 0.0778. The fourth-order valence-electron chi connectivity index (χ4n) is 3.97. The average Bonchev–Trinajstić information content (AvgIpc) is 3.10. The number of alkyl halides is 3. The van der Waals surface area contributed by atoms with Crippen molar-refractivity contribution in [2.45, 2.75) is 12.1 Å². The van der Waals surface area contributed by atoms with Crippen LogP contribution in [0.5, 0.6) is 5.75 Å². The lowest BCUT2D eigenvalue weighted by Crippen LogP contribution is -2.50. The smallest absolute Gasteiger partial charge is 0.419 e. The number of halogens is 4. The Morgan fingerprint density at radius 3 is 2.26 bits per heavy atom. The zero-order valence-corrected chi connectivity index (χ0v) is 18.7. The van der Waals surface area contributed by atoms with Gasteiger partial charge >= 0.3 is 18.2 Å². The third kappa shape index (κ3) is 4.17. The van der Waals surface area contributed by atoms with Gasteiger partial charge in [-0.3, -0.25) is 4.79 Å². The number of carbonyl (C=O) groups is 3. The van der Waals surface area contributed by atoms with E-state index >= 15 is 0 Å². The molecule has 1 unspecified atom stereocenters. The number of carbonyl (C=O) groups excluding carboxylic acids is 3. The Hall–Kier alpha value is -4.05. The second-order valence-electron chi connectivity index (χ2n) is 7.45. The normalized spacial score (nSPS) is 15.1. The maximum atomic E-state index is 14.1. The van der Waals surface area contributed by atoms with Crippen LogP contribution in [0.25, 0.3) is 0 Å². The first-order valence-corrected chi connectivity index (χ1v) is 10.4. The van der Waals surface area contributed by atoms with Gasteiger partial charge < -0.3 is 10.5 Å². The molecular weight excluding hydrogens is 487 g/mol. The second-order valence-corrected chi connectivity index (χ2v) is 7.86. The van der Waals surface area contributed by atoms with Crippen LogP contribution < -0.4 is 20.3 Å². The zero-order valence-electron chi connectivity index (χ0n) is 18.0. The van der Waals surface area contributed by atoms with E-state index in [0.29, 0.717) is 21.1 Å². The van der Waals surface area contributed by atoms with Crippen LogP contribution in [-0.4, -0.2) is 25.1 Å². The zero-order chi connectivity index (χ0) is 25.5. The average molecular weight is 503 g/mol. The summed E-state index contributed by atoms with van der Waals surface area (Å²) >= 11 is 5.90. The molecular formula is C24H16ClF3N3O4. The largest absolute Gasteiger partial charge is 0.497 e. The molecule has 0 saturated carbocycles. The number of rotatable bonds is 3. The summed E-state index contributed by atoms with van der Waals surface area (Å²) in [4.78, 5) is 40.1. The van der Waals surface area contributed by atoms with E-state index in [4.69, 9.17) is 22.1 Å². The molecule has 7 nitrogen and oxygen atoms in total. The maximum absolute atomic E-state index is 14.1. The van der Waals surface area contributed by atoms with Crippen LogP contribution in [0.15, 0.2) is 60.7 Å². The van der Waals surface area contributed by atoms with Gasteiger partial charge in [-0.15, -0.1) is 0 Å². The Balaban J connectivity index is 1.93. The van der Waals surface area contributed by atoms with Crippen LogP contribution in [0, 0.1) is 6.07 Å². The Labute approximate surface area is 202 Å². The Morgan fingerprint density at radius 2 is 1.71 bits per heavy atom. The summed E-state index contributed by atoms with van der Waals surface area (Å²) in [6.45, 7) is 0. The molecule has 3 aromatic carbocycles. The Morgan fingerprint density at radius 1 is 1.09 bits per heavy atom. The van der Waals surface area contributed by atoms with Crippen LogP contribution in [0.2, 0.25) is 5.02 Å². The predicted molar refractivity (Wildman–Crippen MR) is 122 cm³/mol. The van der Waals surface area contributed by atoms with E-state index in [1.54, 1.807) is 0 Å². The number of imide groups is 2. The highest BCUT2D eigenvalue weighted by molar-refractivity contribution is 6.34. The number of nitrogens with zero attached hydrogens (tertiary/aromatic N) is 2. The maximum Gasteiger partial charge on any atom is 0.419 e. The first-order chi connectivity index (χ1) is 16.6. The summed E-state index contributed by atoms with van der Waals surface area (Å²) in [6.07, 6.45) is -5.02. The van der Waals surface area contributed by atoms with Crippen molar-refractivity contribution in [1.29, 1.82) is 0 Å². The fourth-order valence-corrected chi connectivity index (χ4v) is 4.23. The molecule has 2 N–H and O–H groups in total. The molecule has 179 valence electrons. The number of ether oxygens (including phenoxy) is 1. The van der Waals surface area contributed by atoms with Gasteiger partial charge in [0.05, 0.1) is 35.0 Å². The van der Waals surface area contributed by atoms with Gasteiger partial charge in [0.1, 0.15) is 5.75 Å². The molecule has 1 radical (unpaired) electrons. The number of hydrogen-bond acceptors (Lipinski definition) is 4. The number of primary amides is 1. The monoisotopic (exact) mass is 502 g/mol. The number of benzene rings is 3. The van der Waals surface area contributed by atoms with E-state index in [0.717, 1.165) is 6.07 Å². The van der Waals surface area contributed by atoms with Crippen molar-refractivity contribution >= 4 is 40.9 Å². The molecule has 1 aliphatic rings. The summed E-state index contributed by atoms with van der Waals surface area (Å²) in [6, 6.07) is 13.8. The standard InChI is InChI=1S/C24H16ClF3N3O4/c1-35-15-9-7-14(8-10-15)30(22(29)33)23(34)31-20-16(11-12-17(25)19(20)24(26,27)28)18(21(31)32)13-5-3-2-4-6-13/h3-12,18H,1H3,(H2,29,33). The SMILES string of the molecule is COc1ccc(N(C(N)=O)C(=O)N2C(=O)C(c3cc[c]cc3)c3ccc(Cl)c(C(F)(F)F)c32)cc1. The van der Waals surface area contributed by atoms with E-state index < -0.39 is 46.3 Å². The van der Waals surface area contributed by atoms with Gasteiger partial charge in [-0.05, 0) is 47.5 Å². The number of anilines is 2. The lowest BCUT2D eigenvalue weighted by Gasteiger charge is -2.26. The van der Waals surface area contributed by atoms with E-state index in [1.807, 2.05) is 0 Å². The second kappa shape index (κ2) is 8.95. The van der Waals surface area contributed by atoms with Crippen molar-refractivity contribution in [2.75, 3.05) is 16.9 Å². The highest BCUT2D eigenvalue weighted by Gasteiger charge is 2.50. The Bertz CT molecular complexity index is 1310. The highest BCUT2D eigenvalue weighted by atomic mass is 35.5. The number of urea groups is 2. The first kappa shape index (κ1) is 24.1. The van der Waals surface area contributed by atoms with E-state index in [2.05, 4.69) is 6.07 Å². The van der Waals surface area contributed by atoms with E-state index in [-0.39, 0.29) is 11.3 Å². The minimum Gasteiger partial charge on any atom is -0.497 e. The van der Waals surface area contributed by atoms with Gasteiger partial charge in [0.2, 0.25) is 5.91 Å². The van der Waals surface area contributed by atoms with Gasteiger partial charge in [0.15, 0.2) is 0 Å². The minimum atomic E-state index is -5.02. The van der Waals surface area contributed by atoms with Crippen molar-refractivity contribution in [3.63, 3.8) is 0 Å². The molecule has 11 heteroatoms. The first-order valence-electron chi connectivity index (χ1n) is 10.0. The van der Waals surface area contributed by atoms with Gasteiger partial charge in [-0.1, -0.05) is 41.9 Å². The van der Waals surface area contributed by atoms with Crippen LogP contribution in [0.1, 0.15) is 22.6 Å². The van der Waals surface area contributed by atoms with E-state index in [1.165, 1.54) is 61.7 Å². The molecule has 4 rings (SSSR count). The summed E-state index contributed by atoms with van der Waals surface area (Å²) < 4.78 is 47.4. The number of methoxy groups -OCH3 is 1. The molecule has 35 heavy (non-hydrogen) atoms. The quantitative estimate of drug-likeness (QED) is 0.522. The molecule has 5 amide bonds. The topological polar surface area (TPSA) is 92.9 Å². The highest BCUT2D eigenvalue weighted by Crippen LogP contribution is 2.51. The van der Waals surface area contributed by atoms with Crippen LogP contribution in [-0.2, 0) is 11.0 Å². The van der Waals surface area contributed by atoms with Crippen molar-refractivity contribution in [2.24, 2.45) is 5.73 Å². The molecule has 0 bridgehead atoms. The molecule has 0 fully saturated rings. The summed E-state index contributed by atoms with van der Waals surface area (Å²) in [7, 11) is 1.40. The van der Waals surface area contributed by atoms with Gasteiger partial charge in [0.25, 0.3) is 0 Å². The number of fused-ring (bicyclic) bond motifs is 1. The summed E-state index contributed by atoms with van der Waals surface area (Å²) in [5.74, 6) is -1.86.